The number of halogens is 1. The van der Waals surface area contributed by atoms with E-state index in [0.29, 0.717) is 28.6 Å². The monoisotopic (exact) mass is 495 g/mol. The van der Waals surface area contributed by atoms with Crippen molar-refractivity contribution in [2.45, 2.75) is 31.5 Å². The Morgan fingerprint density at radius 2 is 1.14 bits per heavy atom. The average Bonchev–Trinajstić information content (AvgIpc) is 2.91. The van der Waals surface area contributed by atoms with E-state index < -0.39 is 5.60 Å². The summed E-state index contributed by atoms with van der Waals surface area (Å²) in [6, 6.07) is 16.7. The van der Waals surface area contributed by atoms with Gasteiger partial charge in [0.1, 0.15) is 28.8 Å². The van der Waals surface area contributed by atoms with E-state index in [-0.39, 0.29) is 29.7 Å². The van der Waals surface area contributed by atoms with Crippen LogP contribution >= 0.6 is 0 Å². The van der Waals surface area contributed by atoms with E-state index in [9.17, 15) is 9.50 Å². The Morgan fingerprint density at radius 1 is 0.694 bits per heavy atom. The van der Waals surface area contributed by atoms with Crippen LogP contribution in [-0.2, 0) is 5.60 Å². The summed E-state index contributed by atoms with van der Waals surface area (Å²) in [5.74, 6) is 1.70. The van der Waals surface area contributed by atoms with Gasteiger partial charge in [0.05, 0.1) is 34.0 Å². The summed E-state index contributed by atoms with van der Waals surface area (Å²) in [6.07, 6.45) is 0. The number of aliphatic hydroxyl groups is 1. The molecule has 4 rings (SSSR count). The standard InChI is InChI=1S/C29H34FNO5/c1-17-27(23-15-21(33-3)11-13-25(23)35-5)31-28(24-16-22(34-4)12-14-26(24)36-6)18(2)29(17,32)19-7-9-20(30)10-8-19/h7-18,27-28,31-32H,1-6H3/t17-,18+,27-,28-,29?/m0/s1. The van der Waals surface area contributed by atoms with E-state index >= 15 is 0 Å². The van der Waals surface area contributed by atoms with E-state index in [1.54, 1.807) is 40.6 Å². The van der Waals surface area contributed by atoms with Gasteiger partial charge in [-0.2, -0.15) is 0 Å². The van der Waals surface area contributed by atoms with Crippen molar-refractivity contribution in [3.8, 4) is 23.0 Å². The molecule has 6 nitrogen and oxygen atoms in total. The van der Waals surface area contributed by atoms with Crippen molar-refractivity contribution in [3.63, 3.8) is 0 Å². The van der Waals surface area contributed by atoms with Crippen LogP contribution in [0.3, 0.4) is 0 Å². The van der Waals surface area contributed by atoms with Gasteiger partial charge < -0.3 is 29.4 Å². The van der Waals surface area contributed by atoms with Gasteiger partial charge in [-0.05, 0) is 54.1 Å². The van der Waals surface area contributed by atoms with E-state index in [0.717, 1.165) is 11.1 Å². The van der Waals surface area contributed by atoms with Gasteiger partial charge >= 0.3 is 0 Å². The Labute approximate surface area is 212 Å². The predicted octanol–water partition coefficient (Wildman–Crippen LogP) is 5.41. The Bertz CT molecular complexity index is 1130. The largest absolute Gasteiger partial charge is 0.497 e. The van der Waals surface area contributed by atoms with Crippen molar-refractivity contribution in [2.24, 2.45) is 11.8 Å². The van der Waals surface area contributed by atoms with Crippen LogP contribution in [0.25, 0.3) is 0 Å². The summed E-state index contributed by atoms with van der Waals surface area (Å²) in [5.41, 5.74) is 1.02. The molecule has 5 atom stereocenters. The van der Waals surface area contributed by atoms with Gasteiger partial charge in [0, 0.05) is 35.0 Å². The van der Waals surface area contributed by atoms with Crippen LogP contribution in [0.4, 0.5) is 4.39 Å². The molecule has 0 aromatic heterocycles. The molecule has 3 aromatic carbocycles. The second-order valence-electron chi connectivity index (χ2n) is 9.25. The average molecular weight is 496 g/mol. The molecule has 192 valence electrons. The van der Waals surface area contributed by atoms with Gasteiger partial charge in [0.2, 0.25) is 0 Å². The highest BCUT2D eigenvalue weighted by Crippen LogP contribution is 2.54. The fourth-order valence-electron chi connectivity index (χ4n) is 5.53. The highest BCUT2D eigenvalue weighted by atomic mass is 19.1. The highest BCUT2D eigenvalue weighted by Gasteiger charge is 2.53. The molecule has 1 saturated heterocycles. The molecule has 7 heteroatoms. The zero-order chi connectivity index (χ0) is 26.0. The van der Waals surface area contributed by atoms with Gasteiger partial charge in [0.15, 0.2) is 0 Å². The molecule has 0 saturated carbocycles. The lowest BCUT2D eigenvalue weighted by molar-refractivity contribution is -0.118. The van der Waals surface area contributed by atoms with Crippen LogP contribution in [0.1, 0.15) is 42.6 Å². The predicted molar refractivity (Wildman–Crippen MR) is 136 cm³/mol. The van der Waals surface area contributed by atoms with E-state index in [1.807, 2.05) is 50.2 Å². The molecule has 1 unspecified atom stereocenters. The number of nitrogens with one attached hydrogen (secondary N) is 1. The lowest BCUT2D eigenvalue weighted by Crippen LogP contribution is -2.55. The van der Waals surface area contributed by atoms with Crippen molar-refractivity contribution in [2.75, 3.05) is 28.4 Å². The Kier molecular flexibility index (Phi) is 7.43. The van der Waals surface area contributed by atoms with Gasteiger partial charge in [0.25, 0.3) is 0 Å². The van der Waals surface area contributed by atoms with Crippen molar-refractivity contribution >= 4 is 0 Å². The Morgan fingerprint density at radius 3 is 1.53 bits per heavy atom. The Balaban J connectivity index is 1.94. The molecule has 0 radical (unpaired) electrons. The van der Waals surface area contributed by atoms with Crippen LogP contribution < -0.4 is 24.3 Å². The number of methoxy groups -OCH3 is 4. The molecular formula is C29H34FNO5. The van der Waals surface area contributed by atoms with Gasteiger partial charge in [-0.15, -0.1) is 0 Å². The first kappa shape index (κ1) is 25.8. The van der Waals surface area contributed by atoms with Gasteiger partial charge in [-0.1, -0.05) is 26.0 Å². The summed E-state index contributed by atoms with van der Waals surface area (Å²) in [5, 5.41) is 16.3. The molecular weight excluding hydrogens is 461 g/mol. The minimum atomic E-state index is -1.32. The minimum absolute atomic E-state index is 0.327. The molecule has 1 aliphatic rings. The third kappa shape index (κ3) is 4.38. The summed E-state index contributed by atoms with van der Waals surface area (Å²) >= 11 is 0. The van der Waals surface area contributed by atoms with Crippen LogP contribution in [-0.4, -0.2) is 33.5 Å². The molecule has 1 aliphatic heterocycles. The SMILES string of the molecule is COc1ccc(OC)c([C@H]2N[C@H](c3cc(OC)ccc3OC)[C@H](C)C(O)(c3ccc(F)cc3)[C@@H]2C)c1. The fraction of sp³-hybridized carbons (Fsp3) is 0.379. The minimum Gasteiger partial charge on any atom is -0.497 e. The number of benzene rings is 3. The van der Waals surface area contributed by atoms with E-state index in [1.165, 1.54) is 12.1 Å². The van der Waals surface area contributed by atoms with Crippen LogP contribution in [0.5, 0.6) is 23.0 Å². The van der Waals surface area contributed by atoms with Crippen LogP contribution in [0, 0.1) is 17.7 Å². The zero-order valence-electron chi connectivity index (χ0n) is 21.5. The Hall–Kier alpha value is -3.29. The maximum absolute atomic E-state index is 13.9. The molecule has 0 bridgehead atoms. The van der Waals surface area contributed by atoms with Crippen molar-refractivity contribution in [1.82, 2.24) is 5.32 Å². The van der Waals surface area contributed by atoms with E-state index in [2.05, 4.69) is 5.32 Å². The maximum atomic E-state index is 13.9. The molecule has 1 fully saturated rings. The molecule has 3 aromatic rings. The summed E-state index contributed by atoms with van der Waals surface area (Å²) in [6.45, 7) is 3.99. The third-order valence-electron chi connectivity index (χ3n) is 7.60. The number of hydrogen-bond acceptors (Lipinski definition) is 6. The smallest absolute Gasteiger partial charge is 0.123 e. The quantitative estimate of drug-likeness (QED) is 0.457. The summed E-state index contributed by atoms with van der Waals surface area (Å²) in [4.78, 5) is 0. The molecule has 1 heterocycles. The summed E-state index contributed by atoms with van der Waals surface area (Å²) in [7, 11) is 6.47. The van der Waals surface area contributed by atoms with Crippen molar-refractivity contribution in [1.29, 1.82) is 0 Å². The number of piperidine rings is 1. The lowest BCUT2D eigenvalue weighted by Gasteiger charge is -2.52. The molecule has 0 amide bonds. The molecule has 0 spiro atoms. The van der Waals surface area contributed by atoms with Crippen molar-refractivity contribution < 1.29 is 28.4 Å². The molecule has 0 aliphatic carbocycles. The third-order valence-corrected chi connectivity index (χ3v) is 7.60. The normalized spacial score (nSPS) is 25.8. The molecule has 36 heavy (non-hydrogen) atoms. The van der Waals surface area contributed by atoms with Crippen LogP contribution in [0.15, 0.2) is 60.7 Å². The number of ether oxygens (including phenoxy) is 4. The second kappa shape index (κ2) is 10.4. The topological polar surface area (TPSA) is 69.2 Å². The van der Waals surface area contributed by atoms with Crippen molar-refractivity contribution in [3.05, 3.63) is 83.2 Å². The number of rotatable bonds is 7. The first-order valence-corrected chi connectivity index (χ1v) is 12.0. The van der Waals surface area contributed by atoms with Gasteiger partial charge in [-0.3, -0.25) is 0 Å². The zero-order valence-corrected chi connectivity index (χ0v) is 21.5. The molecule has 2 N–H and O–H groups in total. The highest BCUT2D eigenvalue weighted by molar-refractivity contribution is 5.47. The van der Waals surface area contributed by atoms with Crippen LogP contribution in [0.2, 0.25) is 0 Å². The second-order valence-corrected chi connectivity index (χ2v) is 9.25. The lowest BCUT2D eigenvalue weighted by atomic mass is 9.63. The maximum Gasteiger partial charge on any atom is 0.123 e. The fourth-order valence-corrected chi connectivity index (χ4v) is 5.53. The van der Waals surface area contributed by atoms with E-state index in [4.69, 9.17) is 18.9 Å². The van der Waals surface area contributed by atoms with Gasteiger partial charge in [-0.25, -0.2) is 4.39 Å². The number of hydrogen-bond donors (Lipinski definition) is 2. The summed E-state index contributed by atoms with van der Waals surface area (Å²) < 4.78 is 36.3. The first-order valence-electron chi connectivity index (χ1n) is 12.0. The first-order chi connectivity index (χ1) is 17.3.